The number of hydrogen-bond acceptors (Lipinski definition) is 13. The molecule has 358 valence electrons. The Bertz CT molecular complexity index is 1130. The van der Waals surface area contributed by atoms with E-state index in [2.05, 4.69) is 43.5 Å². The number of rotatable bonds is 36. The molecule has 0 aromatic rings. The van der Waals surface area contributed by atoms with Crippen LogP contribution in [-0.2, 0) is 23.7 Å². The van der Waals surface area contributed by atoms with Crippen LogP contribution < -0.4 is 5.32 Å². The normalized spacial score (nSPS) is 28.2. The number of hydrogen-bond donors (Lipinski definition) is 9. The molecule has 14 nitrogen and oxygen atoms in total. The maximum absolute atomic E-state index is 13.0. The zero-order chi connectivity index (χ0) is 44.7. The van der Waals surface area contributed by atoms with E-state index in [0.29, 0.717) is 12.8 Å². The number of aliphatic hydroxyl groups excluding tert-OH is 8. The number of unbranched alkanes of at least 4 members (excludes halogenated alkanes) is 19. The SMILES string of the molecule is CCCCCCC/C=C\C/C=C\CCCCCCCCCCCCCC(=O)NC(COC1OC(CO)C(OC2OC(CO)C(O)C(O)C2O)C(O)C1O)C(O)CCCCCC. The molecule has 2 fully saturated rings. The van der Waals surface area contributed by atoms with Crippen LogP contribution in [0, 0.1) is 0 Å². The van der Waals surface area contributed by atoms with Gasteiger partial charge in [-0.1, -0.05) is 147 Å². The van der Waals surface area contributed by atoms with Crippen LogP contribution in [0.3, 0.4) is 0 Å². The molecule has 12 unspecified atom stereocenters. The molecule has 2 saturated heterocycles. The molecule has 2 aliphatic rings. The molecule has 0 bridgehead atoms. The standard InChI is InChI=1S/C47H87NO13/c1-3-5-7-9-10-11-12-13-14-15-16-17-18-19-20-21-22-23-24-25-26-27-29-31-39(52)48-35(36(51)30-28-8-6-4-2)34-58-46-44(57)42(55)45(38(33-50)60-46)61-47-43(56)41(54)40(53)37(32-49)59-47/h12-13,15-16,35-38,40-47,49-51,53-57H,3-11,14,17-34H2,1-2H3,(H,48,52)/b13-12-,16-15-. The molecule has 9 N–H and O–H groups in total. The summed E-state index contributed by atoms with van der Waals surface area (Å²) in [7, 11) is 0. The number of nitrogens with one attached hydrogen (secondary N) is 1. The molecule has 0 aromatic carbocycles. The van der Waals surface area contributed by atoms with Crippen LogP contribution in [0.25, 0.3) is 0 Å². The third-order valence-electron chi connectivity index (χ3n) is 11.9. The van der Waals surface area contributed by atoms with E-state index in [0.717, 1.165) is 57.8 Å². The van der Waals surface area contributed by atoms with Gasteiger partial charge in [-0.05, 0) is 44.9 Å². The van der Waals surface area contributed by atoms with Crippen molar-refractivity contribution < 1.29 is 64.6 Å². The molecule has 0 spiro atoms. The Morgan fingerprint density at radius 3 is 1.64 bits per heavy atom. The molecule has 1 amide bonds. The van der Waals surface area contributed by atoms with Gasteiger partial charge >= 0.3 is 0 Å². The highest BCUT2D eigenvalue weighted by molar-refractivity contribution is 5.76. The third-order valence-corrected chi connectivity index (χ3v) is 11.9. The summed E-state index contributed by atoms with van der Waals surface area (Å²) in [5.74, 6) is -0.219. The minimum Gasteiger partial charge on any atom is -0.394 e. The lowest BCUT2D eigenvalue weighted by atomic mass is 9.97. The molecular formula is C47H87NO13. The maximum atomic E-state index is 13.0. The Morgan fingerprint density at radius 2 is 1.08 bits per heavy atom. The average Bonchev–Trinajstić information content (AvgIpc) is 3.26. The second-order valence-corrected chi connectivity index (χ2v) is 17.2. The van der Waals surface area contributed by atoms with Gasteiger partial charge in [-0.15, -0.1) is 0 Å². The minimum absolute atomic E-state index is 0.219. The van der Waals surface area contributed by atoms with Crippen molar-refractivity contribution in [3.63, 3.8) is 0 Å². The van der Waals surface area contributed by atoms with E-state index in [-0.39, 0.29) is 12.5 Å². The molecule has 0 aliphatic carbocycles. The van der Waals surface area contributed by atoms with Crippen molar-refractivity contribution in [1.29, 1.82) is 0 Å². The van der Waals surface area contributed by atoms with E-state index in [4.69, 9.17) is 18.9 Å². The lowest BCUT2D eigenvalue weighted by molar-refractivity contribution is -0.359. The lowest BCUT2D eigenvalue weighted by Gasteiger charge is -2.46. The van der Waals surface area contributed by atoms with Crippen molar-refractivity contribution in [1.82, 2.24) is 5.32 Å². The first-order valence-corrected chi connectivity index (χ1v) is 24.1. The number of aliphatic hydroxyl groups is 8. The van der Waals surface area contributed by atoms with Gasteiger partial charge in [0.15, 0.2) is 12.6 Å². The van der Waals surface area contributed by atoms with Gasteiger partial charge in [0.05, 0.1) is 32.0 Å². The van der Waals surface area contributed by atoms with Gasteiger partial charge in [-0.2, -0.15) is 0 Å². The van der Waals surface area contributed by atoms with Crippen molar-refractivity contribution in [3.05, 3.63) is 24.3 Å². The van der Waals surface area contributed by atoms with E-state index < -0.39 is 86.8 Å². The Hall–Kier alpha value is -1.53. The fourth-order valence-electron chi connectivity index (χ4n) is 7.91. The molecule has 0 aromatic heterocycles. The largest absolute Gasteiger partial charge is 0.394 e. The molecule has 12 atom stereocenters. The lowest BCUT2D eigenvalue weighted by Crippen LogP contribution is -2.65. The molecule has 61 heavy (non-hydrogen) atoms. The van der Waals surface area contributed by atoms with Crippen molar-refractivity contribution in [2.24, 2.45) is 0 Å². The predicted molar refractivity (Wildman–Crippen MR) is 235 cm³/mol. The summed E-state index contributed by atoms with van der Waals surface area (Å²) in [6, 6.07) is -0.823. The second kappa shape index (κ2) is 34.8. The zero-order valence-corrected chi connectivity index (χ0v) is 37.7. The smallest absolute Gasteiger partial charge is 0.220 e. The highest BCUT2D eigenvalue weighted by Crippen LogP contribution is 2.30. The Kier molecular flexibility index (Phi) is 31.7. The summed E-state index contributed by atoms with van der Waals surface area (Å²) < 4.78 is 22.5. The average molecular weight is 874 g/mol. The van der Waals surface area contributed by atoms with Crippen LogP contribution >= 0.6 is 0 Å². The monoisotopic (exact) mass is 874 g/mol. The van der Waals surface area contributed by atoms with E-state index >= 15 is 0 Å². The van der Waals surface area contributed by atoms with Gasteiger partial charge in [-0.25, -0.2) is 0 Å². The van der Waals surface area contributed by atoms with Crippen molar-refractivity contribution in [2.45, 2.75) is 248 Å². The molecule has 2 aliphatic heterocycles. The quantitative estimate of drug-likeness (QED) is 0.0285. The van der Waals surface area contributed by atoms with Crippen LogP contribution in [0.2, 0.25) is 0 Å². The highest BCUT2D eigenvalue weighted by atomic mass is 16.7. The van der Waals surface area contributed by atoms with Crippen LogP contribution in [0.4, 0.5) is 0 Å². The summed E-state index contributed by atoms with van der Waals surface area (Å²) in [4.78, 5) is 13.0. The van der Waals surface area contributed by atoms with Crippen LogP contribution in [-0.4, -0.2) is 140 Å². The Labute approximate surface area is 367 Å². The van der Waals surface area contributed by atoms with Gasteiger partial charge in [0, 0.05) is 6.42 Å². The summed E-state index contributed by atoms with van der Waals surface area (Å²) >= 11 is 0. The zero-order valence-electron chi connectivity index (χ0n) is 37.7. The molecule has 2 rings (SSSR count). The summed E-state index contributed by atoms with van der Waals surface area (Å²) in [6.07, 6.45) is 19.9. The Morgan fingerprint density at radius 1 is 0.590 bits per heavy atom. The highest BCUT2D eigenvalue weighted by Gasteiger charge is 2.51. The fourth-order valence-corrected chi connectivity index (χ4v) is 7.91. The van der Waals surface area contributed by atoms with E-state index in [1.165, 1.54) is 89.9 Å². The maximum Gasteiger partial charge on any atom is 0.220 e. The molecular weight excluding hydrogens is 787 g/mol. The Balaban J connectivity index is 1.67. The van der Waals surface area contributed by atoms with Crippen LogP contribution in [0.15, 0.2) is 24.3 Å². The summed E-state index contributed by atoms with van der Waals surface area (Å²) in [5.41, 5.74) is 0. The van der Waals surface area contributed by atoms with Gasteiger partial charge < -0.3 is 65.1 Å². The number of ether oxygens (including phenoxy) is 4. The molecule has 2 heterocycles. The van der Waals surface area contributed by atoms with Crippen LogP contribution in [0.5, 0.6) is 0 Å². The fraction of sp³-hybridized carbons (Fsp3) is 0.894. The molecule has 0 saturated carbocycles. The first-order valence-electron chi connectivity index (χ1n) is 24.1. The van der Waals surface area contributed by atoms with Crippen LogP contribution in [0.1, 0.15) is 174 Å². The van der Waals surface area contributed by atoms with E-state index in [1.54, 1.807) is 0 Å². The van der Waals surface area contributed by atoms with Gasteiger partial charge in [-0.3, -0.25) is 4.79 Å². The summed E-state index contributed by atoms with van der Waals surface area (Å²) in [5, 5.41) is 86.1. The predicted octanol–water partition coefficient (Wildman–Crippen LogP) is 5.38. The van der Waals surface area contributed by atoms with E-state index in [9.17, 15) is 45.6 Å². The van der Waals surface area contributed by atoms with Crippen molar-refractivity contribution in [2.75, 3.05) is 19.8 Å². The second-order valence-electron chi connectivity index (χ2n) is 17.2. The molecule has 14 heteroatoms. The first-order chi connectivity index (χ1) is 29.6. The third kappa shape index (κ3) is 22.8. The number of allylic oxidation sites excluding steroid dienone is 4. The number of carbonyl (C=O) groups excluding carboxylic acids is 1. The van der Waals surface area contributed by atoms with Gasteiger partial charge in [0.1, 0.15) is 48.8 Å². The number of carbonyl (C=O) groups is 1. The molecule has 0 radical (unpaired) electrons. The van der Waals surface area contributed by atoms with Crippen molar-refractivity contribution in [3.8, 4) is 0 Å². The minimum atomic E-state index is -1.78. The van der Waals surface area contributed by atoms with Crippen molar-refractivity contribution >= 4 is 5.91 Å². The first kappa shape index (κ1) is 55.6. The van der Waals surface area contributed by atoms with Gasteiger partial charge in [0.25, 0.3) is 0 Å². The summed E-state index contributed by atoms with van der Waals surface area (Å²) in [6.45, 7) is 2.69. The topological polar surface area (TPSA) is 228 Å². The van der Waals surface area contributed by atoms with Gasteiger partial charge in [0.2, 0.25) is 5.91 Å². The number of amides is 1. The van der Waals surface area contributed by atoms with E-state index in [1.807, 2.05) is 0 Å².